The summed E-state index contributed by atoms with van der Waals surface area (Å²) in [5.74, 6) is 0.532. The van der Waals surface area contributed by atoms with E-state index in [-0.39, 0.29) is 30.7 Å². The number of anilines is 1. The fourth-order valence-corrected chi connectivity index (χ4v) is 4.22. The van der Waals surface area contributed by atoms with Gasteiger partial charge in [0, 0.05) is 43.0 Å². The number of halogens is 2. The highest BCUT2D eigenvalue weighted by molar-refractivity contribution is 5.93. The van der Waals surface area contributed by atoms with Crippen LogP contribution in [0.2, 0.25) is 0 Å². The Balaban J connectivity index is 0.00000140. The maximum atomic E-state index is 13.0. The van der Waals surface area contributed by atoms with Crippen molar-refractivity contribution in [2.24, 2.45) is 0 Å². The predicted molar refractivity (Wildman–Crippen MR) is 117 cm³/mol. The third-order valence-corrected chi connectivity index (χ3v) is 5.82. The van der Waals surface area contributed by atoms with E-state index in [0.717, 1.165) is 37.9 Å². The minimum absolute atomic E-state index is 0. The van der Waals surface area contributed by atoms with Crippen LogP contribution >= 0.6 is 24.8 Å². The summed E-state index contributed by atoms with van der Waals surface area (Å²) in [6.07, 6.45) is 4.69. The second-order valence-corrected chi connectivity index (χ2v) is 7.44. The lowest BCUT2D eigenvalue weighted by atomic mass is 10.0. The van der Waals surface area contributed by atoms with Crippen molar-refractivity contribution < 1.29 is 9.21 Å². The van der Waals surface area contributed by atoms with E-state index < -0.39 is 0 Å². The highest BCUT2D eigenvalue weighted by atomic mass is 35.5. The first-order valence-corrected chi connectivity index (χ1v) is 9.55. The van der Waals surface area contributed by atoms with Crippen molar-refractivity contribution in [3.05, 3.63) is 53.5 Å². The maximum absolute atomic E-state index is 13.0. The van der Waals surface area contributed by atoms with Crippen molar-refractivity contribution in [3.63, 3.8) is 0 Å². The van der Waals surface area contributed by atoms with Crippen LogP contribution in [-0.4, -0.2) is 43.0 Å². The number of furan rings is 1. The predicted octanol–water partition coefficient (Wildman–Crippen LogP) is 3.90. The summed E-state index contributed by atoms with van der Waals surface area (Å²) in [6, 6.07) is 11.4. The summed E-state index contributed by atoms with van der Waals surface area (Å²) in [7, 11) is 1.99. The molecule has 5 nitrogen and oxygen atoms in total. The minimum Gasteiger partial charge on any atom is -0.459 e. The van der Waals surface area contributed by atoms with E-state index in [0.29, 0.717) is 24.4 Å². The zero-order valence-corrected chi connectivity index (χ0v) is 18.0. The number of piperidine rings is 1. The monoisotopic (exact) mass is 425 g/mol. The number of para-hydroxylation sites is 1. The Bertz CT molecular complexity index is 787. The number of carbonyl (C=O) groups is 1. The Morgan fingerprint density at radius 2 is 1.89 bits per heavy atom. The third kappa shape index (κ3) is 4.32. The van der Waals surface area contributed by atoms with E-state index in [2.05, 4.69) is 41.4 Å². The Hall–Kier alpha value is -1.69. The molecule has 154 valence electrons. The molecule has 1 aromatic carbocycles. The SMILES string of the molecule is CNC1CCN(C(=O)c2occc2CN2c3ccccc3CC2C)CC1.Cl.Cl. The van der Waals surface area contributed by atoms with Gasteiger partial charge >= 0.3 is 0 Å². The van der Waals surface area contributed by atoms with Crippen molar-refractivity contribution in [1.29, 1.82) is 0 Å². The highest BCUT2D eigenvalue weighted by Gasteiger charge is 2.30. The van der Waals surface area contributed by atoms with E-state index in [9.17, 15) is 4.79 Å². The van der Waals surface area contributed by atoms with Crippen molar-refractivity contribution >= 4 is 36.4 Å². The molecular formula is C21H29Cl2N3O2. The highest BCUT2D eigenvalue weighted by Crippen LogP contribution is 2.33. The fourth-order valence-electron chi connectivity index (χ4n) is 4.22. The number of hydrogen-bond acceptors (Lipinski definition) is 4. The van der Waals surface area contributed by atoms with Crippen LogP contribution in [0.25, 0.3) is 0 Å². The van der Waals surface area contributed by atoms with Gasteiger partial charge in [-0.15, -0.1) is 24.8 Å². The van der Waals surface area contributed by atoms with Gasteiger partial charge in [-0.1, -0.05) is 18.2 Å². The second kappa shape index (κ2) is 9.68. The minimum atomic E-state index is 0. The van der Waals surface area contributed by atoms with Gasteiger partial charge in [0.05, 0.1) is 6.26 Å². The zero-order valence-electron chi connectivity index (χ0n) is 16.4. The number of rotatable bonds is 4. The van der Waals surface area contributed by atoms with E-state index in [4.69, 9.17) is 4.42 Å². The van der Waals surface area contributed by atoms with Crippen molar-refractivity contribution in [2.75, 3.05) is 25.0 Å². The first-order chi connectivity index (χ1) is 12.7. The smallest absolute Gasteiger partial charge is 0.289 e. The normalized spacial score (nSPS) is 19.0. The van der Waals surface area contributed by atoms with E-state index in [1.807, 2.05) is 18.0 Å². The topological polar surface area (TPSA) is 48.7 Å². The molecule has 1 amide bonds. The molecule has 2 aliphatic rings. The number of benzene rings is 1. The first-order valence-electron chi connectivity index (χ1n) is 9.55. The van der Waals surface area contributed by atoms with Gasteiger partial charge in [-0.2, -0.15) is 0 Å². The van der Waals surface area contributed by atoms with Crippen LogP contribution in [0.4, 0.5) is 5.69 Å². The lowest BCUT2D eigenvalue weighted by Gasteiger charge is -2.31. The molecule has 1 fully saturated rings. The molecule has 0 bridgehead atoms. The number of carbonyl (C=O) groups excluding carboxylic acids is 1. The van der Waals surface area contributed by atoms with Crippen LogP contribution in [-0.2, 0) is 13.0 Å². The summed E-state index contributed by atoms with van der Waals surface area (Å²) < 4.78 is 5.63. The van der Waals surface area contributed by atoms with E-state index in [1.54, 1.807) is 6.26 Å². The molecule has 3 heterocycles. The van der Waals surface area contributed by atoms with Crippen LogP contribution < -0.4 is 10.2 Å². The van der Waals surface area contributed by atoms with E-state index in [1.165, 1.54) is 11.3 Å². The van der Waals surface area contributed by atoms with Crippen LogP contribution in [0, 0.1) is 0 Å². The van der Waals surface area contributed by atoms with Crippen LogP contribution in [0.5, 0.6) is 0 Å². The molecule has 0 aliphatic carbocycles. The summed E-state index contributed by atoms with van der Waals surface area (Å²) in [4.78, 5) is 17.3. The standard InChI is InChI=1S/C21H27N3O2.2ClH/c1-15-13-16-5-3-4-6-19(16)24(15)14-17-9-12-26-20(17)21(25)23-10-7-18(22-2)8-11-23;;/h3-6,9,12,15,18,22H,7-8,10-11,13-14H2,1-2H3;2*1H. The summed E-state index contributed by atoms with van der Waals surface area (Å²) in [5, 5.41) is 3.30. The largest absolute Gasteiger partial charge is 0.459 e. The van der Waals surface area contributed by atoms with Gasteiger partial charge in [-0.05, 0) is 50.9 Å². The molecule has 0 spiro atoms. The number of likely N-dealkylation sites (tertiary alicyclic amines) is 1. The van der Waals surface area contributed by atoms with Crippen LogP contribution in [0.1, 0.15) is 41.4 Å². The molecule has 1 atom stereocenters. The Kier molecular flexibility index (Phi) is 7.81. The van der Waals surface area contributed by atoms with Gasteiger partial charge in [-0.3, -0.25) is 4.79 Å². The molecule has 0 saturated carbocycles. The van der Waals surface area contributed by atoms with Crippen molar-refractivity contribution in [2.45, 2.75) is 44.8 Å². The lowest BCUT2D eigenvalue weighted by molar-refractivity contribution is 0.0673. The summed E-state index contributed by atoms with van der Waals surface area (Å²) in [6.45, 7) is 4.52. The molecule has 7 heteroatoms. The number of amides is 1. The molecule has 2 aliphatic heterocycles. The summed E-state index contributed by atoms with van der Waals surface area (Å²) in [5.41, 5.74) is 3.63. The molecule has 1 saturated heterocycles. The van der Waals surface area contributed by atoms with Gasteiger partial charge in [-0.25, -0.2) is 0 Å². The molecular weight excluding hydrogens is 397 g/mol. The maximum Gasteiger partial charge on any atom is 0.289 e. The van der Waals surface area contributed by atoms with Crippen molar-refractivity contribution in [3.8, 4) is 0 Å². The van der Waals surface area contributed by atoms with Crippen LogP contribution in [0.15, 0.2) is 41.0 Å². The Morgan fingerprint density at radius 1 is 1.18 bits per heavy atom. The lowest BCUT2D eigenvalue weighted by Crippen LogP contribution is -2.44. The number of hydrogen-bond donors (Lipinski definition) is 1. The molecule has 2 aromatic rings. The average Bonchev–Trinajstić information content (AvgIpc) is 3.26. The molecule has 1 aromatic heterocycles. The van der Waals surface area contributed by atoms with Crippen molar-refractivity contribution in [1.82, 2.24) is 10.2 Å². The van der Waals surface area contributed by atoms with Gasteiger partial charge in [0.15, 0.2) is 5.76 Å². The van der Waals surface area contributed by atoms with Gasteiger partial charge in [0.1, 0.15) is 0 Å². The second-order valence-electron chi connectivity index (χ2n) is 7.44. The zero-order chi connectivity index (χ0) is 18.1. The quantitative estimate of drug-likeness (QED) is 0.806. The molecule has 1 unspecified atom stereocenters. The first kappa shape index (κ1) is 22.6. The number of fused-ring (bicyclic) bond motifs is 1. The molecule has 4 rings (SSSR count). The third-order valence-electron chi connectivity index (χ3n) is 5.82. The molecule has 28 heavy (non-hydrogen) atoms. The van der Waals surface area contributed by atoms with E-state index >= 15 is 0 Å². The molecule has 0 radical (unpaired) electrons. The molecule has 1 N–H and O–H groups in total. The van der Waals surface area contributed by atoms with Crippen LogP contribution in [0.3, 0.4) is 0 Å². The number of nitrogens with zero attached hydrogens (tertiary/aromatic N) is 2. The Morgan fingerprint density at radius 3 is 2.61 bits per heavy atom. The average molecular weight is 426 g/mol. The fraction of sp³-hybridized carbons (Fsp3) is 0.476. The van der Waals surface area contributed by atoms with Gasteiger partial charge in [0.2, 0.25) is 0 Å². The van der Waals surface area contributed by atoms with Gasteiger partial charge < -0.3 is 19.5 Å². The number of nitrogens with one attached hydrogen (secondary N) is 1. The summed E-state index contributed by atoms with van der Waals surface area (Å²) >= 11 is 0. The Labute approximate surface area is 179 Å². The van der Waals surface area contributed by atoms with Gasteiger partial charge in [0.25, 0.3) is 5.91 Å².